The molecule has 1 aliphatic carbocycles. The van der Waals surface area contributed by atoms with E-state index in [9.17, 15) is 14.4 Å². The molecule has 0 saturated heterocycles. The molecule has 7 heteroatoms. The van der Waals surface area contributed by atoms with E-state index in [-0.39, 0.29) is 24.9 Å². The highest BCUT2D eigenvalue weighted by molar-refractivity contribution is 7.08. The van der Waals surface area contributed by atoms with Crippen LogP contribution >= 0.6 is 11.3 Å². The largest absolute Gasteiger partial charge is 0.461 e. The summed E-state index contributed by atoms with van der Waals surface area (Å²) < 4.78 is 10.7. The lowest BCUT2D eigenvalue weighted by molar-refractivity contribution is -0.145. The van der Waals surface area contributed by atoms with E-state index in [1.165, 1.54) is 28.5 Å². The van der Waals surface area contributed by atoms with Crippen LogP contribution < -0.4 is 10.9 Å². The molecular formula is C22H21NO5S. The van der Waals surface area contributed by atoms with Gasteiger partial charge in [-0.2, -0.15) is 11.3 Å². The van der Waals surface area contributed by atoms with Crippen LogP contribution in [0.25, 0.3) is 11.0 Å². The molecule has 0 bridgehead atoms. The molecule has 0 fully saturated rings. The molecule has 4 rings (SSSR count). The summed E-state index contributed by atoms with van der Waals surface area (Å²) in [5, 5.41) is 7.22. The molecule has 3 aromatic rings. The molecule has 1 amide bonds. The molecule has 0 spiro atoms. The quantitative estimate of drug-likeness (QED) is 0.365. The van der Waals surface area contributed by atoms with Gasteiger partial charge >= 0.3 is 11.6 Å². The van der Waals surface area contributed by atoms with E-state index in [0.29, 0.717) is 29.7 Å². The summed E-state index contributed by atoms with van der Waals surface area (Å²) in [5.74, 6) is -0.507. The van der Waals surface area contributed by atoms with Crippen molar-refractivity contribution in [2.45, 2.75) is 38.7 Å². The zero-order valence-corrected chi connectivity index (χ0v) is 16.7. The van der Waals surface area contributed by atoms with E-state index in [0.717, 1.165) is 24.6 Å². The van der Waals surface area contributed by atoms with Gasteiger partial charge in [0.15, 0.2) is 0 Å². The van der Waals surface area contributed by atoms with Crippen molar-refractivity contribution in [2.24, 2.45) is 0 Å². The number of ether oxygens (including phenoxy) is 1. The maximum atomic E-state index is 12.1. The number of hydrogen-bond donors (Lipinski definition) is 1. The predicted molar refractivity (Wildman–Crippen MR) is 110 cm³/mol. The van der Waals surface area contributed by atoms with Crippen molar-refractivity contribution in [3.05, 3.63) is 67.7 Å². The fraction of sp³-hybridized carbons (Fsp3) is 0.318. The number of aryl methyl sites for hydroxylation is 2. The first-order chi connectivity index (χ1) is 14.1. The standard InChI is InChI=1S/C22H21NO5S/c24-20(5-2-7-23-22(26)16-6-8-29-13-16)27-12-17-11-21(25)28-19-10-15-4-1-3-14(15)9-18(17)19/h6,8-11,13H,1-5,7,12H2,(H,23,26). The summed E-state index contributed by atoms with van der Waals surface area (Å²) in [6.45, 7) is 0.425. The predicted octanol–water partition coefficient (Wildman–Crippen LogP) is 3.60. The lowest BCUT2D eigenvalue weighted by Crippen LogP contribution is -2.24. The number of hydrogen-bond acceptors (Lipinski definition) is 6. The fourth-order valence-electron chi connectivity index (χ4n) is 3.57. The second-order valence-corrected chi connectivity index (χ2v) is 7.87. The third kappa shape index (κ3) is 4.56. The molecule has 2 aromatic heterocycles. The Morgan fingerprint density at radius 3 is 2.79 bits per heavy atom. The van der Waals surface area contributed by atoms with Gasteiger partial charge in [-0.05, 0) is 60.4 Å². The number of benzene rings is 1. The summed E-state index contributed by atoms with van der Waals surface area (Å²) in [6.07, 6.45) is 3.79. The molecule has 0 aliphatic heterocycles. The molecule has 0 saturated carbocycles. The Morgan fingerprint density at radius 1 is 1.17 bits per heavy atom. The molecular weight excluding hydrogens is 390 g/mol. The van der Waals surface area contributed by atoms with Gasteiger partial charge in [-0.1, -0.05) is 0 Å². The third-order valence-corrected chi connectivity index (χ3v) is 5.74. The van der Waals surface area contributed by atoms with Crippen molar-refractivity contribution < 1.29 is 18.7 Å². The highest BCUT2D eigenvalue weighted by Gasteiger charge is 2.16. The van der Waals surface area contributed by atoms with E-state index in [1.807, 2.05) is 17.5 Å². The highest BCUT2D eigenvalue weighted by Crippen LogP contribution is 2.28. The molecule has 0 unspecified atom stereocenters. The van der Waals surface area contributed by atoms with Crippen LogP contribution in [0, 0.1) is 0 Å². The number of carbonyl (C=O) groups is 2. The van der Waals surface area contributed by atoms with Gasteiger partial charge in [0.05, 0.1) is 0 Å². The van der Waals surface area contributed by atoms with Gasteiger partial charge in [0.1, 0.15) is 12.2 Å². The van der Waals surface area contributed by atoms with E-state index in [4.69, 9.17) is 9.15 Å². The van der Waals surface area contributed by atoms with Gasteiger partial charge in [-0.15, -0.1) is 0 Å². The topological polar surface area (TPSA) is 85.6 Å². The molecule has 0 radical (unpaired) electrons. The van der Waals surface area contributed by atoms with E-state index in [2.05, 4.69) is 5.32 Å². The first-order valence-corrected chi connectivity index (χ1v) is 10.6. The van der Waals surface area contributed by atoms with Crippen molar-refractivity contribution >= 4 is 34.2 Å². The number of rotatable bonds is 7. The van der Waals surface area contributed by atoms with E-state index in [1.54, 1.807) is 11.4 Å². The van der Waals surface area contributed by atoms with Crippen molar-refractivity contribution in [2.75, 3.05) is 6.54 Å². The minimum atomic E-state index is -0.447. The second-order valence-electron chi connectivity index (χ2n) is 7.09. The van der Waals surface area contributed by atoms with Crippen LogP contribution in [0.2, 0.25) is 0 Å². The van der Waals surface area contributed by atoms with Crippen LogP contribution in [0.4, 0.5) is 0 Å². The smallest absolute Gasteiger partial charge is 0.336 e. The van der Waals surface area contributed by atoms with Crippen LogP contribution in [-0.4, -0.2) is 18.4 Å². The van der Waals surface area contributed by atoms with Crippen LogP contribution in [-0.2, 0) is 29.0 Å². The molecule has 0 atom stereocenters. The Bertz CT molecular complexity index is 1100. The van der Waals surface area contributed by atoms with Gasteiger partial charge in [-0.25, -0.2) is 4.79 Å². The van der Waals surface area contributed by atoms with Gasteiger partial charge in [0.2, 0.25) is 0 Å². The first kappa shape index (κ1) is 19.4. The minimum absolute atomic E-state index is 0.0288. The monoisotopic (exact) mass is 411 g/mol. The summed E-state index contributed by atoms with van der Waals surface area (Å²) in [4.78, 5) is 35.8. The van der Waals surface area contributed by atoms with Gasteiger partial charge in [0.25, 0.3) is 5.91 Å². The van der Waals surface area contributed by atoms with E-state index < -0.39 is 5.63 Å². The average molecular weight is 411 g/mol. The number of nitrogens with one attached hydrogen (secondary N) is 1. The van der Waals surface area contributed by atoms with Crippen LogP contribution in [0.3, 0.4) is 0 Å². The molecule has 2 heterocycles. The molecule has 1 aliphatic rings. The van der Waals surface area contributed by atoms with Crippen LogP contribution in [0.15, 0.2) is 44.2 Å². The summed E-state index contributed by atoms with van der Waals surface area (Å²) in [5.41, 5.74) is 3.86. The van der Waals surface area contributed by atoms with E-state index >= 15 is 0 Å². The molecule has 29 heavy (non-hydrogen) atoms. The Balaban J connectivity index is 1.31. The average Bonchev–Trinajstić information content (AvgIpc) is 3.39. The number of amides is 1. The third-order valence-electron chi connectivity index (χ3n) is 5.06. The Hall–Kier alpha value is -2.93. The minimum Gasteiger partial charge on any atom is -0.461 e. The van der Waals surface area contributed by atoms with Gasteiger partial charge in [0, 0.05) is 40.9 Å². The van der Waals surface area contributed by atoms with Crippen LogP contribution in [0.1, 0.15) is 46.3 Å². The Kier molecular flexibility index (Phi) is 5.76. The van der Waals surface area contributed by atoms with Crippen molar-refractivity contribution in [1.29, 1.82) is 0 Å². The summed E-state index contributed by atoms with van der Waals surface area (Å²) >= 11 is 1.46. The zero-order chi connectivity index (χ0) is 20.2. The lowest BCUT2D eigenvalue weighted by atomic mass is 10.0. The van der Waals surface area contributed by atoms with Crippen molar-refractivity contribution in [3.8, 4) is 0 Å². The summed E-state index contributed by atoms with van der Waals surface area (Å²) in [6, 6.07) is 7.12. The fourth-order valence-corrected chi connectivity index (χ4v) is 4.21. The molecule has 6 nitrogen and oxygen atoms in total. The van der Waals surface area contributed by atoms with Gasteiger partial charge in [-0.3, -0.25) is 9.59 Å². The second kappa shape index (κ2) is 8.61. The zero-order valence-electron chi connectivity index (χ0n) is 15.9. The lowest BCUT2D eigenvalue weighted by Gasteiger charge is -2.09. The molecule has 1 aromatic carbocycles. The number of fused-ring (bicyclic) bond motifs is 2. The van der Waals surface area contributed by atoms with Crippen molar-refractivity contribution in [1.82, 2.24) is 5.32 Å². The summed E-state index contributed by atoms with van der Waals surface area (Å²) in [7, 11) is 0. The first-order valence-electron chi connectivity index (χ1n) is 9.65. The number of carbonyl (C=O) groups excluding carboxylic acids is 2. The highest BCUT2D eigenvalue weighted by atomic mass is 32.1. The molecule has 1 N–H and O–H groups in total. The number of esters is 1. The van der Waals surface area contributed by atoms with Crippen LogP contribution in [0.5, 0.6) is 0 Å². The Morgan fingerprint density at radius 2 is 2.00 bits per heavy atom. The number of thiophene rings is 1. The van der Waals surface area contributed by atoms with Gasteiger partial charge < -0.3 is 14.5 Å². The van der Waals surface area contributed by atoms with Crippen molar-refractivity contribution in [3.63, 3.8) is 0 Å². The maximum absolute atomic E-state index is 12.1. The Labute approximate surface area is 171 Å². The molecule has 150 valence electrons. The maximum Gasteiger partial charge on any atom is 0.336 e. The normalized spacial score (nSPS) is 12.7. The SMILES string of the molecule is O=C(CCCNC(=O)c1ccsc1)OCc1cc(=O)oc2cc3c(cc12)CCC3.